The molecular weight excluding hydrogens is 338 g/mol. The third kappa shape index (κ3) is 4.89. The number of hydrogen-bond acceptors (Lipinski definition) is 4. The van der Waals surface area contributed by atoms with Gasteiger partial charge in [-0.1, -0.05) is 15.9 Å². The first-order chi connectivity index (χ1) is 8.27. The highest BCUT2D eigenvalue weighted by Gasteiger charge is 2.23. The van der Waals surface area contributed by atoms with Crippen molar-refractivity contribution in [3.8, 4) is 0 Å². The van der Waals surface area contributed by atoms with Gasteiger partial charge in [0, 0.05) is 16.8 Å². The third-order valence-electron chi connectivity index (χ3n) is 2.22. The predicted molar refractivity (Wildman–Crippen MR) is 78.3 cm³/mol. The summed E-state index contributed by atoms with van der Waals surface area (Å²) in [6, 6.07) is 6.34. The van der Waals surface area contributed by atoms with Gasteiger partial charge in [-0.2, -0.15) is 11.8 Å². The van der Waals surface area contributed by atoms with Crippen LogP contribution in [0.2, 0.25) is 0 Å². The Morgan fingerprint density at radius 2 is 1.94 bits per heavy atom. The standard InChI is InChI=1S/C11H16BrNO3S2/c1-11(14,8-17-2)7-13-18(15,16)10-5-3-9(12)4-6-10/h3-6,13-14H,7-8H2,1-2H3/t11-/m1/s1. The molecule has 4 nitrogen and oxygen atoms in total. The number of aliphatic hydroxyl groups is 1. The zero-order valence-electron chi connectivity index (χ0n) is 10.2. The van der Waals surface area contributed by atoms with Gasteiger partial charge in [0.1, 0.15) is 0 Å². The molecule has 2 N–H and O–H groups in total. The van der Waals surface area contributed by atoms with Crippen molar-refractivity contribution in [3.05, 3.63) is 28.7 Å². The highest BCUT2D eigenvalue weighted by Crippen LogP contribution is 2.15. The first kappa shape index (κ1) is 16.0. The summed E-state index contributed by atoms with van der Waals surface area (Å²) < 4.78 is 27.1. The quantitative estimate of drug-likeness (QED) is 0.818. The Balaban J connectivity index is 2.74. The summed E-state index contributed by atoms with van der Waals surface area (Å²) >= 11 is 4.71. The minimum atomic E-state index is -3.57. The summed E-state index contributed by atoms with van der Waals surface area (Å²) in [6.45, 7) is 1.60. The van der Waals surface area contributed by atoms with Crippen molar-refractivity contribution in [1.82, 2.24) is 4.72 Å². The molecule has 0 saturated heterocycles. The monoisotopic (exact) mass is 353 g/mol. The average molecular weight is 354 g/mol. The van der Waals surface area contributed by atoms with E-state index in [-0.39, 0.29) is 11.4 Å². The van der Waals surface area contributed by atoms with Gasteiger partial charge in [-0.15, -0.1) is 0 Å². The predicted octanol–water partition coefficient (Wildman–Crippen LogP) is 1.84. The molecule has 0 bridgehead atoms. The lowest BCUT2D eigenvalue weighted by Gasteiger charge is -2.22. The Morgan fingerprint density at radius 1 is 1.39 bits per heavy atom. The maximum Gasteiger partial charge on any atom is 0.240 e. The topological polar surface area (TPSA) is 66.4 Å². The Labute approximate surface area is 120 Å². The zero-order valence-corrected chi connectivity index (χ0v) is 13.4. The SMILES string of the molecule is CSC[C@](C)(O)CNS(=O)(=O)c1ccc(Br)cc1. The third-order valence-corrected chi connectivity index (χ3v) is 5.08. The first-order valence-electron chi connectivity index (χ1n) is 5.23. The Bertz CT molecular complexity index is 486. The number of thioether (sulfide) groups is 1. The van der Waals surface area contributed by atoms with Crippen LogP contribution in [0.15, 0.2) is 33.6 Å². The van der Waals surface area contributed by atoms with Crippen molar-refractivity contribution in [2.45, 2.75) is 17.4 Å². The van der Waals surface area contributed by atoms with E-state index >= 15 is 0 Å². The smallest absolute Gasteiger partial charge is 0.240 e. The van der Waals surface area contributed by atoms with Gasteiger partial charge in [0.2, 0.25) is 10.0 Å². The van der Waals surface area contributed by atoms with E-state index in [1.165, 1.54) is 23.9 Å². The Kier molecular flexibility index (Phi) is 5.67. The van der Waals surface area contributed by atoms with Crippen molar-refractivity contribution in [2.75, 3.05) is 18.6 Å². The summed E-state index contributed by atoms with van der Waals surface area (Å²) in [5, 5.41) is 9.91. The van der Waals surface area contributed by atoms with E-state index in [0.717, 1.165) is 4.47 Å². The molecule has 1 aromatic carbocycles. The zero-order chi connectivity index (χ0) is 13.8. The summed E-state index contributed by atoms with van der Waals surface area (Å²) in [7, 11) is -3.57. The molecule has 0 aliphatic rings. The van der Waals surface area contributed by atoms with Crippen molar-refractivity contribution in [2.24, 2.45) is 0 Å². The molecule has 0 spiro atoms. The van der Waals surface area contributed by atoms with Gasteiger partial charge in [-0.25, -0.2) is 13.1 Å². The molecular formula is C11H16BrNO3S2. The number of nitrogens with one attached hydrogen (secondary N) is 1. The van der Waals surface area contributed by atoms with Crippen LogP contribution >= 0.6 is 27.7 Å². The van der Waals surface area contributed by atoms with Gasteiger partial charge < -0.3 is 5.11 Å². The van der Waals surface area contributed by atoms with E-state index in [9.17, 15) is 13.5 Å². The minimum Gasteiger partial charge on any atom is -0.388 e. The molecule has 0 aliphatic carbocycles. The molecule has 7 heteroatoms. The van der Waals surface area contributed by atoms with Crippen molar-refractivity contribution < 1.29 is 13.5 Å². The van der Waals surface area contributed by atoms with Crippen LogP contribution in [0.4, 0.5) is 0 Å². The van der Waals surface area contributed by atoms with Crippen molar-refractivity contribution in [3.63, 3.8) is 0 Å². The largest absolute Gasteiger partial charge is 0.388 e. The maximum atomic E-state index is 12.0. The first-order valence-corrected chi connectivity index (χ1v) is 8.90. The van der Waals surface area contributed by atoms with Gasteiger partial charge in [-0.05, 0) is 37.4 Å². The molecule has 0 saturated carbocycles. The molecule has 18 heavy (non-hydrogen) atoms. The highest BCUT2D eigenvalue weighted by atomic mass is 79.9. The Hall–Kier alpha value is -0.0800. The van der Waals surface area contributed by atoms with E-state index in [2.05, 4.69) is 20.7 Å². The number of sulfonamides is 1. The molecule has 0 aromatic heterocycles. The van der Waals surface area contributed by atoms with Gasteiger partial charge in [0.05, 0.1) is 10.5 Å². The van der Waals surface area contributed by atoms with Gasteiger partial charge in [0.15, 0.2) is 0 Å². The lowest BCUT2D eigenvalue weighted by Crippen LogP contribution is -2.42. The van der Waals surface area contributed by atoms with Crippen LogP contribution in [0, 0.1) is 0 Å². The molecule has 0 heterocycles. The van der Waals surface area contributed by atoms with Crippen LogP contribution in [0.5, 0.6) is 0 Å². The lowest BCUT2D eigenvalue weighted by atomic mass is 10.1. The second-order valence-corrected chi connectivity index (χ2v) is 7.76. The number of benzene rings is 1. The van der Waals surface area contributed by atoms with Crippen LogP contribution in [0.1, 0.15) is 6.92 Å². The number of halogens is 1. The summed E-state index contributed by atoms with van der Waals surface area (Å²) in [4.78, 5) is 0.186. The van der Waals surface area contributed by atoms with Crippen molar-refractivity contribution >= 4 is 37.7 Å². The second-order valence-electron chi connectivity index (χ2n) is 4.21. The van der Waals surface area contributed by atoms with E-state index in [1.54, 1.807) is 19.1 Å². The van der Waals surface area contributed by atoms with Gasteiger partial charge in [-0.3, -0.25) is 0 Å². The minimum absolute atomic E-state index is 0.00770. The van der Waals surface area contributed by atoms with Crippen LogP contribution in [-0.4, -0.2) is 37.7 Å². The van der Waals surface area contributed by atoms with Gasteiger partial charge in [0.25, 0.3) is 0 Å². The molecule has 0 fully saturated rings. The Morgan fingerprint density at radius 3 is 2.44 bits per heavy atom. The number of hydrogen-bond donors (Lipinski definition) is 2. The van der Waals surface area contributed by atoms with Crippen LogP contribution in [0.3, 0.4) is 0 Å². The van der Waals surface area contributed by atoms with Crippen molar-refractivity contribution in [1.29, 1.82) is 0 Å². The van der Waals surface area contributed by atoms with Crippen LogP contribution in [0.25, 0.3) is 0 Å². The normalized spacial score (nSPS) is 15.3. The molecule has 0 radical (unpaired) electrons. The van der Waals surface area contributed by atoms with E-state index in [0.29, 0.717) is 5.75 Å². The lowest BCUT2D eigenvalue weighted by molar-refractivity contribution is 0.0908. The molecule has 0 unspecified atom stereocenters. The summed E-state index contributed by atoms with van der Waals surface area (Å²) in [6.07, 6.45) is 1.86. The van der Waals surface area contributed by atoms with Crippen LogP contribution in [-0.2, 0) is 10.0 Å². The summed E-state index contributed by atoms with van der Waals surface area (Å²) in [5.41, 5.74) is -1.05. The highest BCUT2D eigenvalue weighted by molar-refractivity contribution is 9.10. The molecule has 1 rings (SSSR count). The summed E-state index contributed by atoms with van der Waals surface area (Å²) in [5.74, 6) is 0.468. The molecule has 1 atom stereocenters. The van der Waals surface area contributed by atoms with E-state index in [1.807, 2.05) is 6.26 Å². The maximum absolute atomic E-state index is 12.0. The molecule has 0 amide bonds. The fourth-order valence-electron chi connectivity index (χ4n) is 1.31. The fraction of sp³-hybridized carbons (Fsp3) is 0.455. The molecule has 1 aromatic rings. The van der Waals surface area contributed by atoms with Gasteiger partial charge >= 0.3 is 0 Å². The number of rotatable bonds is 6. The fourth-order valence-corrected chi connectivity index (χ4v) is 3.46. The van der Waals surface area contributed by atoms with E-state index in [4.69, 9.17) is 0 Å². The second kappa shape index (κ2) is 6.38. The molecule has 0 aliphatic heterocycles. The average Bonchev–Trinajstić information content (AvgIpc) is 2.27. The molecule has 102 valence electrons. The van der Waals surface area contributed by atoms with E-state index < -0.39 is 15.6 Å². The van der Waals surface area contributed by atoms with Crippen LogP contribution < -0.4 is 4.72 Å².